The first-order chi connectivity index (χ1) is 11.6. The quantitative estimate of drug-likeness (QED) is 0.745. The highest BCUT2D eigenvalue weighted by Gasteiger charge is 2.17. The molecule has 0 amide bonds. The van der Waals surface area contributed by atoms with Crippen molar-refractivity contribution >= 4 is 50.8 Å². The van der Waals surface area contributed by atoms with Crippen molar-refractivity contribution in [1.82, 2.24) is 0 Å². The van der Waals surface area contributed by atoms with Crippen LogP contribution in [0.2, 0.25) is 10.0 Å². The van der Waals surface area contributed by atoms with Crippen molar-refractivity contribution in [2.75, 3.05) is 6.26 Å². The average Bonchev–Trinajstić information content (AvgIpc) is 2.50. The molecule has 0 unspecified atom stereocenters. The van der Waals surface area contributed by atoms with Gasteiger partial charge in [-0.25, -0.2) is 13.2 Å². The molecule has 0 saturated heterocycles. The van der Waals surface area contributed by atoms with Crippen molar-refractivity contribution in [2.45, 2.75) is 27.7 Å². The highest BCUT2D eigenvalue weighted by atomic mass is 35.5. The number of aliphatic carboxylic acids is 1. The molecule has 0 bridgehead atoms. The van der Waals surface area contributed by atoms with E-state index >= 15 is 0 Å². The first-order valence-electron chi connectivity index (χ1n) is 6.94. The van der Waals surface area contributed by atoms with E-state index in [1.165, 1.54) is 30.8 Å². The molecule has 0 aliphatic heterocycles. The lowest BCUT2D eigenvalue weighted by molar-refractivity contribution is -0.144. The molecule has 0 heterocycles. The van der Waals surface area contributed by atoms with Crippen LogP contribution in [0.1, 0.15) is 6.92 Å². The van der Waals surface area contributed by atoms with Gasteiger partial charge >= 0.3 is 5.97 Å². The molecular formula is C16H14Cl2O5S2. The Morgan fingerprint density at radius 1 is 1.16 bits per heavy atom. The number of benzene rings is 2. The van der Waals surface area contributed by atoms with Crippen LogP contribution in [0.3, 0.4) is 0 Å². The van der Waals surface area contributed by atoms with Gasteiger partial charge in [0.05, 0.1) is 14.8 Å². The Balaban J connectivity index is 2.37. The second kappa shape index (κ2) is 7.86. The lowest BCUT2D eigenvalue weighted by Gasteiger charge is -2.15. The summed E-state index contributed by atoms with van der Waals surface area (Å²) < 4.78 is 28.6. The van der Waals surface area contributed by atoms with Crippen LogP contribution >= 0.6 is 35.0 Å². The van der Waals surface area contributed by atoms with Crippen LogP contribution in [0.15, 0.2) is 51.1 Å². The highest BCUT2D eigenvalue weighted by Crippen LogP contribution is 2.40. The second-order valence-corrected chi connectivity index (χ2v) is 9.10. The van der Waals surface area contributed by atoms with Gasteiger partial charge in [0, 0.05) is 16.2 Å². The zero-order valence-electron chi connectivity index (χ0n) is 13.2. The van der Waals surface area contributed by atoms with Crippen LogP contribution in [0, 0.1) is 0 Å². The third-order valence-corrected chi connectivity index (χ3v) is 5.99. The van der Waals surface area contributed by atoms with Crippen LogP contribution in [0.25, 0.3) is 0 Å². The van der Waals surface area contributed by atoms with E-state index in [1.807, 2.05) is 0 Å². The monoisotopic (exact) mass is 420 g/mol. The van der Waals surface area contributed by atoms with E-state index in [-0.39, 0.29) is 9.92 Å². The Morgan fingerprint density at radius 2 is 1.84 bits per heavy atom. The van der Waals surface area contributed by atoms with E-state index in [9.17, 15) is 13.2 Å². The summed E-state index contributed by atoms with van der Waals surface area (Å²) in [5.41, 5.74) is 0. The van der Waals surface area contributed by atoms with Crippen LogP contribution in [0.4, 0.5) is 0 Å². The molecule has 2 aromatic carbocycles. The Morgan fingerprint density at radius 3 is 2.40 bits per heavy atom. The average molecular weight is 421 g/mol. The lowest BCUT2D eigenvalue weighted by Crippen LogP contribution is -2.23. The molecule has 0 fully saturated rings. The summed E-state index contributed by atoms with van der Waals surface area (Å²) in [7, 11) is -3.36. The van der Waals surface area contributed by atoms with E-state index in [1.54, 1.807) is 24.3 Å². The minimum atomic E-state index is -3.36. The standard InChI is InChI=1S/C16H14Cl2O5S2/c1-9(16(19)20)23-13-5-3-10(17)7-15(13)24-14-6-4-11(8-12(14)18)25(2,21)22/h3-9H,1-2H3,(H,19,20)/t9-/m0/s1. The summed E-state index contributed by atoms with van der Waals surface area (Å²) in [4.78, 5) is 12.3. The number of carbonyl (C=O) groups is 1. The van der Waals surface area contributed by atoms with E-state index in [0.717, 1.165) is 6.26 Å². The zero-order valence-corrected chi connectivity index (χ0v) is 16.3. The van der Waals surface area contributed by atoms with Gasteiger partial charge in [0.15, 0.2) is 15.9 Å². The number of rotatable bonds is 6. The van der Waals surface area contributed by atoms with Gasteiger partial charge in [0.25, 0.3) is 0 Å². The Kier molecular flexibility index (Phi) is 6.26. The number of ether oxygens (including phenoxy) is 1. The largest absolute Gasteiger partial charge is 0.479 e. The maximum atomic E-state index is 11.6. The number of carboxylic acid groups (broad SMARTS) is 1. The van der Waals surface area contributed by atoms with E-state index < -0.39 is 21.9 Å². The Labute approximate surface area is 159 Å². The molecule has 134 valence electrons. The zero-order chi connectivity index (χ0) is 18.8. The van der Waals surface area contributed by atoms with Crippen molar-refractivity contribution in [3.8, 4) is 5.75 Å². The molecule has 25 heavy (non-hydrogen) atoms. The molecule has 0 spiro atoms. The van der Waals surface area contributed by atoms with Gasteiger partial charge in [-0.2, -0.15) is 0 Å². The topological polar surface area (TPSA) is 80.7 Å². The van der Waals surface area contributed by atoms with E-state index in [0.29, 0.717) is 20.6 Å². The van der Waals surface area contributed by atoms with Crippen molar-refractivity contribution < 1.29 is 23.1 Å². The van der Waals surface area contributed by atoms with E-state index in [2.05, 4.69) is 0 Å². The van der Waals surface area contributed by atoms with Gasteiger partial charge in [-0.05, 0) is 43.3 Å². The molecule has 0 radical (unpaired) electrons. The van der Waals surface area contributed by atoms with Gasteiger partial charge in [-0.3, -0.25) is 0 Å². The third kappa shape index (κ3) is 5.28. The summed E-state index contributed by atoms with van der Waals surface area (Å²) >= 11 is 13.4. The number of halogens is 2. The summed E-state index contributed by atoms with van der Waals surface area (Å²) in [6, 6.07) is 9.18. The molecule has 0 aliphatic carbocycles. The lowest BCUT2D eigenvalue weighted by atomic mass is 10.3. The molecule has 2 rings (SSSR count). The number of carboxylic acids is 1. The maximum absolute atomic E-state index is 11.6. The van der Waals surface area contributed by atoms with Crippen LogP contribution in [0.5, 0.6) is 5.75 Å². The normalized spacial score (nSPS) is 12.6. The highest BCUT2D eigenvalue weighted by molar-refractivity contribution is 7.99. The number of hydrogen-bond acceptors (Lipinski definition) is 5. The molecular weight excluding hydrogens is 407 g/mol. The van der Waals surface area contributed by atoms with Gasteiger partial charge in [-0.1, -0.05) is 35.0 Å². The molecule has 5 nitrogen and oxygen atoms in total. The predicted octanol–water partition coefficient (Wildman–Crippen LogP) is 4.40. The minimum Gasteiger partial charge on any atom is -0.479 e. The number of hydrogen-bond donors (Lipinski definition) is 1. The maximum Gasteiger partial charge on any atom is 0.344 e. The molecule has 2 aromatic rings. The summed E-state index contributed by atoms with van der Waals surface area (Å²) in [5, 5.41) is 9.69. The fourth-order valence-corrected chi connectivity index (χ4v) is 3.99. The minimum absolute atomic E-state index is 0.115. The van der Waals surface area contributed by atoms with Gasteiger partial charge in [0.1, 0.15) is 5.75 Å². The van der Waals surface area contributed by atoms with Crippen molar-refractivity contribution in [3.05, 3.63) is 46.4 Å². The molecule has 1 N–H and O–H groups in total. The van der Waals surface area contributed by atoms with Gasteiger partial charge in [0.2, 0.25) is 0 Å². The van der Waals surface area contributed by atoms with Crippen molar-refractivity contribution in [2.24, 2.45) is 0 Å². The molecule has 0 saturated carbocycles. The van der Waals surface area contributed by atoms with Crippen molar-refractivity contribution in [3.63, 3.8) is 0 Å². The summed E-state index contributed by atoms with van der Waals surface area (Å²) in [5.74, 6) is -0.756. The summed E-state index contributed by atoms with van der Waals surface area (Å²) in [6.07, 6.45) is 0.0606. The fourth-order valence-electron chi connectivity index (χ4n) is 1.81. The fraction of sp³-hybridized carbons (Fsp3) is 0.188. The second-order valence-electron chi connectivity index (χ2n) is 5.16. The molecule has 0 aromatic heterocycles. The third-order valence-electron chi connectivity index (χ3n) is 3.11. The Hall–Kier alpha value is -1.41. The van der Waals surface area contributed by atoms with Crippen LogP contribution in [-0.4, -0.2) is 31.9 Å². The van der Waals surface area contributed by atoms with Crippen molar-refractivity contribution in [1.29, 1.82) is 0 Å². The molecule has 9 heteroatoms. The predicted molar refractivity (Wildman–Crippen MR) is 97.9 cm³/mol. The Bertz CT molecular complexity index is 913. The molecule has 0 aliphatic rings. The SMILES string of the molecule is C[C@H](Oc1ccc(Cl)cc1Sc1ccc(S(C)(=O)=O)cc1Cl)C(=O)O. The molecule has 1 atom stereocenters. The number of sulfone groups is 1. The van der Waals surface area contributed by atoms with E-state index in [4.69, 9.17) is 33.0 Å². The van der Waals surface area contributed by atoms with Crippen LogP contribution < -0.4 is 4.74 Å². The van der Waals surface area contributed by atoms with Gasteiger partial charge < -0.3 is 9.84 Å². The van der Waals surface area contributed by atoms with Gasteiger partial charge in [-0.15, -0.1) is 0 Å². The first-order valence-corrected chi connectivity index (χ1v) is 10.4. The van der Waals surface area contributed by atoms with Crippen LogP contribution in [-0.2, 0) is 14.6 Å². The first kappa shape index (κ1) is 19.9. The summed E-state index contributed by atoms with van der Waals surface area (Å²) in [6.45, 7) is 1.42. The smallest absolute Gasteiger partial charge is 0.344 e.